The molecule has 1 aromatic carbocycles. The molecule has 136 valence electrons. The predicted octanol–water partition coefficient (Wildman–Crippen LogP) is 3.27. The Morgan fingerprint density at radius 3 is 2.08 bits per heavy atom. The van der Waals surface area contributed by atoms with Crippen LogP contribution in [0.3, 0.4) is 0 Å². The van der Waals surface area contributed by atoms with E-state index >= 15 is 0 Å². The molecule has 1 aromatic rings. The van der Waals surface area contributed by atoms with Gasteiger partial charge in [-0.05, 0) is 49.4 Å². The van der Waals surface area contributed by atoms with E-state index in [0.29, 0.717) is 31.1 Å². The molecule has 0 saturated heterocycles. The summed E-state index contributed by atoms with van der Waals surface area (Å²) in [5.41, 5.74) is 0.526. The molecule has 0 aromatic heterocycles. The summed E-state index contributed by atoms with van der Waals surface area (Å²) >= 11 is 0. The zero-order valence-electron chi connectivity index (χ0n) is 15.2. The van der Waals surface area contributed by atoms with Crippen LogP contribution < -0.4 is 4.72 Å². The maximum atomic E-state index is 12.5. The lowest BCUT2D eigenvalue weighted by Crippen LogP contribution is -2.32. The van der Waals surface area contributed by atoms with E-state index in [-0.39, 0.29) is 10.8 Å². The van der Waals surface area contributed by atoms with E-state index in [4.69, 9.17) is 0 Å². The molecule has 1 rings (SSSR count). The number of amides is 1. The minimum absolute atomic E-state index is 0.0459. The molecular weight excluding hydrogens is 324 g/mol. The second-order valence-corrected chi connectivity index (χ2v) is 8.16. The largest absolute Gasteiger partial charge is 0.339 e. The van der Waals surface area contributed by atoms with Crippen molar-refractivity contribution in [1.82, 2.24) is 9.62 Å². The number of nitrogens with one attached hydrogen (secondary N) is 1. The second-order valence-electron chi connectivity index (χ2n) is 6.40. The van der Waals surface area contributed by atoms with Gasteiger partial charge in [0.1, 0.15) is 0 Å². The first-order valence-corrected chi connectivity index (χ1v) is 10.2. The first-order chi connectivity index (χ1) is 11.3. The van der Waals surface area contributed by atoms with E-state index < -0.39 is 10.0 Å². The lowest BCUT2D eigenvalue weighted by atomic mass is 10.1. The average Bonchev–Trinajstić information content (AvgIpc) is 2.53. The molecule has 0 atom stereocenters. The van der Waals surface area contributed by atoms with Crippen molar-refractivity contribution < 1.29 is 13.2 Å². The Morgan fingerprint density at radius 2 is 1.62 bits per heavy atom. The van der Waals surface area contributed by atoms with Crippen LogP contribution in [0.15, 0.2) is 29.2 Å². The maximum absolute atomic E-state index is 12.5. The van der Waals surface area contributed by atoms with Crippen LogP contribution in [-0.4, -0.2) is 38.9 Å². The third kappa shape index (κ3) is 6.24. The molecule has 0 unspecified atom stereocenters. The van der Waals surface area contributed by atoms with Gasteiger partial charge in [0, 0.05) is 25.2 Å². The van der Waals surface area contributed by atoms with Gasteiger partial charge in [-0.1, -0.05) is 27.7 Å². The van der Waals surface area contributed by atoms with Crippen molar-refractivity contribution in [3.63, 3.8) is 0 Å². The number of hydrogen-bond acceptors (Lipinski definition) is 3. The summed E-state index contributed by atoms with van der Waals surface area (Å²) in [6.07, 6.45) is 2.59. The summed E-state index contributed by atoms with van der Waals surface area (Å²) in [6, 6.07) is 6.19. The van der Waals surface area contributed by atoms with E-state index in [1.807, 2.05) is 32.6 Å². The number of carbonyl (C=O) groups is 1. The fourth-order valence-corrected chi connectivity index (χ4v) is 3.43. The van der Waals surface area contributed by atoms with Crippen LogP contribution in [0.4, 0.5) is 0 Å². The van der Waals surface area contributed by atoms with Gasteiger partial charge >= 0.3 is 0 Å². The van der Waals surface area contributed by atoms with E-state index in [2.05, 4.69) is 4.72 Å². The van der Waals surface area contributed by atoms with Crippen LogP contribution in [0.25, 0.3) is 0 Å². The Kier molecular flexibility index (Phi) is 8.42. The van der Waals surface area contributed by atoms with E-state index in [0.717, 1.165) is 19.3 Å². The van der Waals surface area contributed by atoms with Crippen LogP contribution in [-0.2, 0) is 10.0 Å². The molecule has 0 heterocycles. The molecule has 5 nitrogen and oxygen atoms in total. The van der Waals surface area contributed by atoms with Crippen LogP contribution in [0.1, 0.15) is 57.3 Å². The standard InChI is InChI=1S/C18H30N2O3S/c1-5-13-20(14-6-2)18(21)16-7-9-17(10-8-16)24(22,23)19-12-11-15(3)4/h7-10,15,19H,5-6,11-14H2,1-4H3. The van der Waals surface area contributed by atoms with E-state index in [1.165, 1.54) is 12.1 Å². The van der Waals surface area contributed by atoms with Gasteiger partial charge in [0.25, 0.3) is 5.91 Å². The molecule has 0 aliphatic heterocycles. The minimum atomic E-state index is -3.51. The number of carbonyl (C=O) groups excluding carboxylic acids is 1. The van der Waals surface area contributed by atoms with Gasteiger partial charge in [-0.15, -0.1) is 0 Å². The van der Waals surface area contributed by atoms with Crippen molar-refractivity contribution in [2.24, 2.45) is 5.92 Å². The van der Waals surface area contributed by atoms with Crippen LogP contribution in [0.5, 0.6) is 0 Å². The molecule has 0 fully saturated rings. The van der Waals surface area contributed by atoms with Crippen molar-refractivity contribution in [3.8, 4) is 0 Å². The normalized spacial score (nSPS) is 11.7. The molecular formula is C18H30N2O3S. The SMILES string of the molecule is CCCN(CCC)C(=O)c1ccc(S(=O)(=O)NCCC(C)C)cc1. The van der Waals surface area contributed by atoms with Gasteiger partial charge in [-0.2, -0.15) is 0 Å². The topological polar surface area (TPSA) is 66.5 Å². The van der Waals surface area contributed by atoms with E-state index in [1.54, 1.807) is 12.1 Å². The second kappa shape index (κ2) is 9.79. The Balaban J connectivity index is 2.82. The zero-order valence-corrected chi connectivity index (χ0v) is 16.0. The van der Waals surface area contributed by atoms with Gasteiger partial charge in [0.2, 0.25) is 10.0 Å². The van der Waals surface area contributed by atoms with Crippen molar-refractivity contribution in [3.05, 3.63) is 29.8 Å². The molecule has 6 heteroatoms. The van der Waals surface area contributed by atoms with Crippen LogP contribution >= 0.6 is 0 Å². The Bertz CT molecular complexity index is 604. The third-order valence-electron chi connectivity index (χ3n) is 3.70. The Hall–Kier alpha value is -1.40. The van der Waals surface area contributed by atoms with Gasteiger partial charge in [0.05, 0.1) is 4.90 Å². The molecule has 0 spiro atoms. The molecule has 24 heavy (non-hydrogen) atoms. The van der Waals surface area contributed by atoms with Gasteiger partial charge < -0.3 is 4.90 Å². The molecule has 0 aliphatic carbocycles. The number of benzene rings is 1. The summed E-state index contributed by atoms with van der Waals surface area (Å²) in [4.78, 5) is 14.5. The van der Waals surface area contributed by atoms with E-state index in [9.17, 15) is 13.2 Å². The zero-order chi connectivity index (χ0) is 18.2. The smallest absolute Gasteiger partial charge is 0.253 e. The fraction of sp³-hybridized carbons (Fsp3) is 0.611. The van der Waals surface area contributed by atoms with Crippen molar-refractivity contribution in [1.29, 1.82) is 0 Å². The van der Waals surface area contributed by atoms with Crippen molar-refractivity contribution >= 4 is 15.9 Å². The molecule has 1 amide bonds. The molecule has 0 saturated carbocycles. The Labute approximate surface area is 146 Å². The van der Waals surface area contributed by atoms with Crippen LogP contribution in [0, 0.1) is 5.92 Å². The van der Waals surface area contributed by atoms with Gasteiger partial charge in [-0.3, -0.25) is 4.79 Å². The average molecular weight is 355 g/mol. The summed E-state index contributed by atoms with van der Waals surface area (Å²) in [5, 5.41) is 0. The van der Waals surface area contributed by atoms with Gasteiger partial charge in [-0.25, -0.2) is 13.1 Å². The highest BCUT2D eigenvalue weighted by atomic mass is 32.2. The fourth-order valence-electron chi connectivity index (χ4n) is 2.38. The molecule has 0 radical (unpaired) electrons. The highest BCUT2D eigenvalue weighted by Crippen LogP contribution is 2.13. The summed E-state index contributed by atoms with van der Waals surface area (Å²) < 4.78 is 27.1. The maximum Gasteiger partial charge on any atom is 0.253 e. The molecule has 0 bridgehead atoms. The number of hydrogen-bond donors (Lipinski definition) is 1. The lowest BCUT2D eigenvalue weighted by Gasteiger charge is -2.21. The quantitative estimate of drug-likeness (QED) is 0.701. The highest BCUT2D eigenvalue weighted by molar-refractivity contribution is 7.89. The Morgan fingerprint density at radius 1 is 1.08 bits per heavy atom. The third-order valence-corrected chi connectivity index (χ3v) is 5.18. The first kappa shape index (κ1) is 20.6. The van der Waals surface area contributed by atoms with Gasteiger partial charge in [0.15, 0.2) is 0 Å². The summed E-state index contributed by atoms with van der Waals surface area (Å²) in [6.45, 7) is 10.0. The minimum Gasteiger partial charge on any atom is -0.339 e. The van der Waals surface area contributed by atoms with Crippen LogP contribution in [0.2, 0.25) is 0 Å². The predicted molar refractivity (Wildman–Crippen MR) is 97.6 cm³/mol. The molecule has 1 N–H and O–H groups in total. The first-order valence-electron chi connectivity index (χ1n) is 8.70. The monoisotopic (exact) mass is 354 g/mol. The van der Waals surface area contributed by atoms with Crippen molar-refractivity contribution in [2.75, 3.05) is 19.6 Å². The number of rotatable bonds is 10. The number of nitrogens with zero attached hydrogens (tertiary/aromatic N) is 1. The summed E-state index contributed by atoms with van der Waals surface area (Å²) in [5.74, 6) is 0.395. The molecule has 0 aliphatic rings. The summed E-state index contributed by atoms with van der Waals surface area (Å²) in [7, 11) is -3.51. The lowest BCUT2D eigenvalue weighted by molar-refractivity contribution is 0.0755. The number of sulfonamides is 1. The highest BCUT2D eigenvalue weighted by Gasteiger charge is 2.17. The van der Waals surface area contributed by atoms with Crippen molar-refractivity contribution in [2.45, 2.75) is 51.9 Å².